The van der Waals surface area contributed by atoms with Crippen LogP contribution in [0, 0.1) is 16.0 Å². The molecule has 0 aliphatic rings. The van der Waals surface area contributed by atoms with Crippen molar-refractivity contribution in [1.29, 1.82) is 0 Å². The Kier molecular flexibility index (Phi) is 5.57. The molecule has 2 aromatic heterocycles. The van der Waals surface area contributed by atoms with Crippen molar-refractivity contribution in [2.45, 2.75) is 26.8 Å². The molecule has 11 heteroatoms. The summed E-state index contributed by atoms with van der Waals surface area (Å²) in [7, 11) is 1.53. The van der Waals surface area contributed by atoms with Gasteiger partial charge in [-0.05, 0) is 30.0 Å². The zero-order chi connectivity index (χ0) is 21.1. The molecule has 1 aromatic carbocycles. The van der Waals surface area contributed by atoms with Gasteiger partial charge in [0.25, 0.3) is 11.2 Å². The van der Waals surface area contributed by atoms with Crippen LogP contribution < -0.4 is 16.7 Å². The summed E-state index contributed by atoms with van der Waals surface area (Å²) in [4.78, 5) is 41.1. The molecule has 0 aliphatic heterocycles. The first-order valence-electron chi connectivity index (χ1n) is 9.01. The highest BCUT2D eigenvalue weighted by atomic mass is 16.6. The first-order chi connectivity index (χ1) is 13.8. The predicted octanol–water partition coefficient (Wildman–Crippen LogP) is 1.82. The third-order valence-corrected chi connectivity index (χ3v) is 4.42. The lowest BCUT2D eigenvalue weighted by Gasteiger charge is -2.09. The van der Waals surface area contributed by atoms with Crippen LogP contribution in [0.15, 0.2) is 39.0 Å². The van der Waals surface area contributed by atoms with E-state index in [9.17, 15) is 19.7 Å². The Labute approximate surface area is 164 Å². The minimum atomic E-state index is -0.544. The van der Waals surface area contributed by atoms with Crippen molar-refractivity contribution in [3.05, 3.63) is 60.8 Å². The van der Waals surface area contributed by atoms with Gasteiger partial charge in [-0.1, -0.05) is 13.8 Å². The van der Waals surface area contributed by atoms with Crippen molar-refractivity contribution >= 4 is 29.0 Å². The van der Waals surface area contributed by atoms with Crippen molar-refractivity contribution in [3.8, 4) is 0 Å². The molecule has 0 bridgehead atoms. The van der Waals surface area contributed by atoms with Crippen LogP contribution in [-0.2, 0) is 13.6 Å². The molecule has 3 aromatic rings. The van der Waals surface area contributed by atoms with E-state index in [0.717, 1.165) is 6.42 Å². The molecule has 2 N–H and O–H groups in total. The largest absolute Gasteiger partial charge is 0.329 e. The molecule has 0 saturated carbocycles. The molecular weight excluding hydrogens is 378 g/mol. The van der Waals surface area contributed by atoms with Gasteiger partial charge < -0.3 is 4.57 Å². The number of hydrogen-bond donors (Lipinski definition) is 2. The van der Waals surface area contributed by atoms with Crippen LogP contribution in [0.1, 0.15) is 25.8 Å². The number of non-ortho nitro benzene ring substituents is 1. The fourth-order valence-corrected chi connectivity index (χ4v) is 2.77. The Bertz CT molecular complexity index is 1190. The minimum absolute atomic E-state index is 0.00858. The summed E-state index contributed by atoms with van der Waals surface area (Å²) < 4.78 is 2.97. The van der Waals surface area contributed by atoms with Crippen LogP contribution in [0.2, 0.25) is 0 Å². The second-order valence-corrected chi connectivity index (χ2v) is 6.98. The van der Waals surface area contributed by atoms with E-state index in [1.165, 1.54) is 30.0 Å². The first kappa shape index (κ1) is 20.0. The Morgan fingerprint density at radius 1 is 1.31 bits per heavy atom. The normalized spacial score (nSPS) is 11.6. The SMILES string of the molecule is CC(C)CCn1c(NN=Cc2ccc([N+](=O)[O-])cc2)nc2c1c(=O)[nH]c(=O)n2C. The van der Waals surface area contributed by atoms with Crippen LogP contribution in [0.25, 0.3) is 11.2 Å². The molecule has 0 aliphatic carbocycles. The smallest absolute Gasteiger partial charge is 0.303 e. The molecule has 152 valence electrons. The third kappa shape index (κ3) is 4.23. The molecular formula is C18H21N7O4. The number of nitrogens with zero attached hydrogens (tertiary/aromatic N) is 5. The maximum atomic E-state index is 12.4. The molecule has 0 saturated heterocycles. The Hall–Kier alpha value is -3.76. The van der Waals surface area contributed by atoms with Gasteiger partial charge >= 0.3 is 5.69 Å². The maximum absolute atomic E-state index is 12.4. The summed E-state index contributed by atoms with van der Waals surface area (Å²) in [6.45, 7) is 4.66. The highest BCUT2D eigenvalue weighted by molar-refractivity contribution is 5.81. The summed E-state index contributed by atoms with van der Waals surface area (Å²) in [5.41, 5.74) is 2.95. The van der Waals surface area contributed by atoms with Crippen LogP contribution in [0.5, 0.6) is 0 Å². The fourth-order valence-electron chi connectivity index (χ4n) is 2.77. The Balaban J connectivity index is 1.95. The highest BCUT2D eigenvalue weighted by Crippen LogP contribution is 2.17. The standard InChI is InChI=1S/C18H21N7O4/c1-11(2)8-9-24-14-15(23(3)18(27)21-16(14)26)20-17(24)22-19-10-12-4-6-13(7-5-12)25(28)29/h4-7,10-11H,8-9H2,1-3H3,(H,20,22)(H,21,26,27). The number of rotatable bonds is 7. The van der Waals surface area contributed by atoms with E-state index in [1.807, 2.05) is 0 Å². The molecule has 11 nitrogen and oxygen atoms in total. The van der Waals surface area contributed by atoms with Crippen molar-refractivity contribution in [2.24, 2.45) is 18.1 Å². The lowest BCUT2D eigenvalue weighted by molar-refractivity contribution is -0.384. The summed E-state index contributed by atoms with van der Waals surface area (Å²) in [6.07, 6.45) is 2.29. The van der Waals surface area contributed by atoms with Gasteiger partial charge in [0.05, 0.1) is 11.1 Å². The van der Waals surface area contributed by atoms with Gasteiger partial charge in [-0.25, -0.2) is 10.2 Å². The number of aryl methyl sites for hydroxylation is 2. The minimum Gasteiger partial charge on any atom is -0.303 e. The van der Waals surface area contributed by atoms with E-state index < -0.39 is 16.2 Å². The number of nitro benzene ring substituents is 1. The summed E-state index contributed by atoms with van der Waals surface area (Å²) in [6, 6.07) is 5.90. The number of nitro groups is 1. The van der Waals surface area contributed by atoms with E-state index >= 15 is 0 Å². The van der Waals surface area contributed by atoms with E-state index in [-0.39, 0.29) is 11.3 Å². The van der Waals surface area contributed by atoms with Gasteiger partial charge in [-0.2, -0.15) is 10.1 Å². The van der Waals surface area contributed by atoms with Crippen molar-refractivity contribution in [1.82, 2.24) is 19.1 Å². The van der Waals surface area contributed by atoms with Crippen LogP contribution >= 0.6 is 0 Å². The number of aromatic amines is 1. The monoisotopic (exact) mass is 399 g/mol. The first-order valence-corrected chi connectivity index (χ1v) is 9.01. The van der Waals surface area contributed by atoms with Gasteiger partial charge in [0.15, 0.2) is 11.2 Å². The number of anilines is 1. The molecule has 0 spiro atoms. The average molecular weight is 399 g/mol. The number of hydrazone groups is 1. The molecule has 0 amide bonds. The van der Waals surface area contributed by atoms with Gasteiger partial charge in [-0.3, -0.25) is 24.5 Å². The molecule has 29 heavy (non-hydrogen) atoms. The van der Waals surface area contributed by atoms with Crippen LogP contribution in [-0.4, -0.2) is 30.2 Å². The quantitative estimate of drug-likeness (QED) is 0.353. The second kappa shape index (κ2) is 8.09. The van der Waals surface area contributed by atoms with Crippen molar-refractivity contribution in [3.63, 3.8) is 0 Å². The summed E-state index contributed by atoms with van der Waals surface area (Å²) >= 11 is 0. The van der Waals surface area contributed by atoms with Crippen LogP contribution in [0.3, 0.4) is 0 Å². The Morgan fingerprint density at radius 2 is 2.00 bits per heavy atom. The number of aromatic nitrogens is 4. The molecule has 0 unspecified atom stereocenters. The van der Waals surface area contributed by atoms with E-state index in [1.54, 1.807) is 16.7 Å². The van der Waals surface area contributed by atoms with Crippen molar-refractivity contribution in [2.75, 3.05) is 5.43 Å². The van der Waals surface area contributed by atoms with Gasteiger partial charge in [-0.15, -0.1) is 0 Å². The van der Waals surface area contributed by atoms with Crippen molar-refractivity contribution < 1.29 is 4.92 Å². The zero-order valence-corrected chi connectivity index (χ0v) is 16.2. The lowest BCUT2D eigenvalue weighted by atomic mass is 10.1. The van der Waals surface area contributed by atoms with E-state index in [2.05, 4.69) is 34.3 Å². The predicted molar refractivity (Wildman–Crippen MR) is 109 cm³/mol. The number of benzene rings is 1. The maximum Gasteiger partial charge on any atom is 0.329 e. The molecule has 0 radical (unpaired) electrons. The summed E-state index contributed by atoms with van der Waals surface area (Å²) in [5.74, 6) is 0.723. The number of hydrogen-bond acceptors (Lipinski definition) is 7. The number of H-pyrrole nitrogens is 1. The second-order valence-electron chi connectivity index (χ2n) is 6.98. The third-order valence-electron chi connectivity index (χ3n) is 4.42. The molecule has 2 heterocycles. The molecule has 0 atom stereocenters. The van der Waals surface area contributed by atoms with Crippen LogP contribution in [0.4, 0.5) is 11.6 Å². The van der Waals surface area contributed by atoms with E-state index in [4.69, 9.17) is 0 Å². The summed E-state index contributed by atoms with van der Waals surface area (Å²) in [5, 5.41) is 14.8. The highest BCUT2D eigenvalue weighted by Gasteiger charge is 2.17. The zero-order valence-electron chi connectivity index (χ0n) is 16.2. The van der Waals surface area contributed by atoms with Gasteiger partial charge in [0, 0.05) is 25.7 Å². The fraction of sp³-hybridized carbons (Fsp3) is 0.333. The average Bonchev–Trinajstić information content (AvgIpc) is 3.04. The van der Waals surface area contributed by atoms with E-state index in [0.29, 0.717) is 29.5 Å². The van der Waals surface area contributed by atoms with Gasteiger partial charge in [0.2, 0.25) is 5.95 Å². The molecule has 3 rings (SSSR count). The lowest BCUT2D eigenvalue weighted by Crippen LogP contribution is -2.29. The number of fused-ring (bicyclic) bond motifs is 1. The molecule has 0 fully saturated rings. The number of nitrogens with one attached hydrogen (secondary N) is 2. The number of imidazole rings is 1. The van der Waals surface area contributed by atoms with Gasteiger partial charge in [0.1, 0.15) is 0 Å². The topological polar surface area (TPSA) is 140 Å². The Morgan fingerprint density at radius 3 is 2.62 bits per heavy atom.